The molecule has 2 aromatic heterocycles. The summed E-state index contributed by atoms with van der Waals surface area (Å²) >= 11 is 1.76. The summed E-state index contributed by atoms with van der Waals surface area (Å²) in [6, 6.07) is 6.29. The van der Waals surface area contributed by atoms with Gasteiger partial charge in [-0.25, -0.2) is 9.97 Å². The third kappa shape index (κ3) is 3.70. The van der Waals surface area contributed by atoms with Crippen LogP contribution < -0.4 is 11.1 Å². The van der Waals surface area contributed by atoms with E-state index in [1.54, 1.807) is 11.3 Å². The highest BCUT2D eigenvalue weighted by Crippen LogP contribution is 2.29. The number of hydrogen-bond donors (Lipinski definition) is 2. The number of thiophene rings is 1. The maximum absolute atomic E-state index is 5.87. The summed E-state index contributed by atoms with van der Waals surface area (Å²) in [6.45, 7) is 6.52. The van der Waals surface area contributed by atoms with Gasteiger partial charge in [0.2, 0.25) is 0 Å². The van der Waals surface area contributed by atoms with Crippen molar-refractivity contribution in [3.05, 3.63) is 34.3 Å². The first-order valence-corrected chi connectivity index (χ1v) is 7.91. The van der Waals surface area contributed by atoms with E-state index in [0.29, 0.717) is 11.7 Å². The Kier molecular flexibility index (Phi) is 4.95. The highest BCUT2D eigenvalue weighted by Gasteiger charge is 2.17. The molecule has 1 atom stereocenters. The van der Waals surface area contributed by atoms with Gasteiger partial charge in [0.1, 0.15) is 17.5 Å². The molecule has 0 radical (unpaired) electrons. The summed E-state index contributed by atoms with van der Waals surface area (Å²) in [7, 11) is 0. The van der Waals surface area contributed by atoms with Crippen LogP contribution in [-0.2, 0) is 6.42 Å². The van der Waals surface area contributed by atoms with Crippen molar-refractivity contribution in [2.75, 3.05) is 11.1 Å². The maximum atomic E-state index is 5.87. The Hall–Kier alpha value is -1.62. The molecule has 2 aromatic rings. The molecule has 3 N–H and O–H groups in total. The lowest BCUT2D eigenvalue weighted by molar-refractivity contribution is 0.551. The second-order valence-electron chi connectivity index (χ2n) is 5.23. The van der Waals surface area contributed by atoms with Crippen LogP contribution in [0.25, 0.3) is 0 Å². The fourth-order valence-corrected chi connectivity index (χ4v) is 3.07. The molecule has 1 unspecified atom stereocenters. The van der Waals surface area contributed by atoms with Crippen LogP contribution >= 0.6 is 11.3 Å². The largest absolute Gasteiger partial charge is 0.384 e. The number of rotatable bonds is 6. The molecule has 4 nitrogen and oxygen atoms in total. The Morgan fingerprint density at radius 1 is 1.35 bits per heavy atom. The van der Waals surface area contributed by atoms with Gasteiger partial charge in [-0.3, -0.25) is 0 Å². The molecule has 0 spiro atoms. The Balaban J connectivity index is 2.22. The summed E-state index contributed by atoms with van der Waals surface area (Å²) in [6.07, 6.45) is 1.87. The zero-order valence-corrected chi connectivity index (χ0v) is 13.1. The molecular formula is C15H22N4S. The van der Waals surface area contributed by atoms with Gasteiger partial charge in [0.05, 0.1) is 6.04 Å². The first kappa shape index (κ1) is 14.8. The Bertz CT molecular complexity index is 537. The fourth-order valence-electron chi connectivity index (χ4n) is 2.12. The van der Waals surface area contributed by atoms with Gasteiger partial charge in [-0.1, -0.05) is 26.8 Å². The van der Waals surface area contributed by atoms with Crippen molar-refractivity contribution in [3.8, 4) is 0 Å². The van der Waals surface area contributed by atoms with E-state index in [4.69, 9.17) is 5.73 Å². The molecule has 0 saturated carbocycles. The number of hydrogen-bond acceptors (Lipinski definition) is 5. The minimum atomic E-state index is 0.249. The molecule has 0 fully saturated rings. The monoisotopic (exact) mass is 290 g/mol. The number of nitrogens with zero attached hydrogens (tertiary/aromatic N) is 2. The molecule has 0 aliphatic heterocycles. The number of aryl methyl sites for hydroxylation is 1. The van der Waals surface area contributed by atoms with Crippen LogP contribution in [0, 0.1) is 5.92 Å². The Morgan fingerprint density at radius 3 is 2.75 bits per heavy atom. The van der Waals surface area contributed by atoms with Gasteiger partial charge in [-0.15, -0.1) is 11.3 Å². The quantitative estimate of drug-likeness (QED) is 0.847. The summed E-state index contributed by atoms with van der Waals surface area (Å²) in [4.78, 5) is 10.1. The average Bonchev–Trinajstić information content (AvgIpc) is 2.89. The van der Waals surface area contributed by atoms with E-state index in [1.165, 1.54) is 4.88 Å². The van der Waals surface area contributed by atoms with Crippen molar-refractivity contribution in [2.45, 2.75) is 39.7 Å². The number of nitrogens with one attached hydrogen (secondary N) is 1. The smallest absolute Gasteiger partial charge is 0.133 e. The van der Waals surface area contributed by atoms with Crippen molar-refractivity contribution in [3.63, 3.8) is 0 Å². The van der Waals surface area contributed by atoms with Gasteiger partial charge in [0.15, 0.2) is 0 Å². The number of anilines is 2. The molecule has 5 heteroatoms. The van der Waals surface area contributed by atoms with Crippen LogP contribution in [0.3, 0.4) is 0 Å². The van der Waals surface area contributed by atoms with Gasteiger partial charge < -0.3 is 11.1 Å². The summed E-state index contributed by atoms with van der Waals surface area (Å²) in [5.41, 5.74) is 5.87. The van der Waals surface area contributed by atoms with Crippen molar-refractivity contribution < 1.29 is 0 Å². The minimum absolute atomic E-state index is 0.249. The molecule has 2 heterocycles. The normalized spacial score (nSPS) is 12.6. The minimum Gasteiger partial charge on any atom is -0.384 e. The van der Waals surface area contributed by atoms with Crippen LogP contribution in [0.2, 0.25) is 0 Å². The predicted octanol–water partition coefficient (Wildman–Crippen LogP) is 3.88. The van der Waals surface area contributed by atoms with Gasteiger partial charge in [0, 0.05) is 17.4 Å². The Morgan fingerprint density at radius 2 is 2.15 bits per heavy atom. The lowest BCUT2D eigenvalue weighted by Crippen LogP contribution is -2.17. The number of aromatic nitrogens is 2. The number of nitrogens with two attached hydrogens (primary N) is 1. The van der Waals surface area contributed by atoms with E-state index >= 15 is 0 Å². The third-order valence-corrected chi connectivity index (χ3v) is 4.04. The summed E-state index contributed by atoms with van der Waals surface area (Å²) in [5, 5.41) is 5.60. The SMILES string of the molecule is CCCc1nc(N)cc(NC(c2cccs2)C(C)C)n1. The molecule has 20 heavy (non-hydrogen) atoms. The second kappa shape index (κ2) is 6.70. The topological polar surface area (TPSA) is 63.8 Å². The summed E-state index contributed by atoms with van der Waals surface area (Å²) in [5.74, 6) is 2.62. The van der Waals surface area contributed by atoms with Crippen molar-refractivity contribution >= 4 is 23.0 Å². The fraction of sp³-hybridized carbons (Fsp3) is 0.467. The second-order valence-corrected chi connectivity index (χ2v) is 6.20. The van der Waals surface area contributed by atoms with E-state index < -0.39 is 0 Å². The lowest BCUT2D eigenvalue weighted by atomic mass is 10.0. The van der Waals surface area contributed by atoms with E-state index in [0.717, 1.165) is 24.5 Å². The predicted molar refractivity (Wildman–Crippen MR) is 86.0 cm³/mol. The van der Waals surface area contributed by atoms with Gasteiger partial charge in [0.25, 0.3) is 0 Å². The highest BCUT2D eigenvalue weighted by atomic mass is 32.1. The van der Waals surface area contributed by atoms with Crippen LogP contribution in [0.15, 0.2) is 23.6 Å². The van der Waals surface area contributed by atoms with Crippen molar-refractivity contribution in [1.82, 2.24) is 9.97 Å². The van der Waals surface area contributed by atoms with Crippen LogP contribution in [0.1, 0.15) is 43.9 Å². The van der Waals surface area contributed by atoms with E-state index in [-0.39, 0.29) is 6.04 Å². The van der Waals surface area contributed by atoms with Gasteiger partial charge in [-0.2, -0.15) is 0 Å². The lowest BCUT2D eigenvalue weighted by Gasteiger charge is -2.22. The molecule has 0 bridgehead atoms. The van der Waals surface area contributed by atoms with Crippen molar-refractivity contribution in [1.29, 1.82) is 0 Å². The number of nitrogen functional groups attached to an aromatic ring is 1. The van der Waals surface area contributed by atoms with E-state index in [9.17, 15) is 0 Å². The van der Waals surface area contributed by atoms with Crippen LogP contribution in [-0.4, -0.2) is 9.97 Å². The van der Waals surface area contributed by atoms with Gasteiger partial charge in [-0.05, 0) is 23.8 Å². The summed E-state index contributed by atoms with van der Waals surface area (Å²) < 4.78 is 0. The molecular weight excluding hydrogens is 268 g/mol. The zero-order valence-electron chi connectivity index (χ0n) is 12.3. The Labute approximate surface area is 124 Å². The molecule has 108 valence electrons. The first-order valence-electron chi connectivity index (χ1n) is 7.03. The van der Waals surface area contributed by atoms with E-state index in [1.807, 2.05) is 6.07 Å². The highest BCUT2D eigenvalue weighted by molar-refractivity contribution is 7.10. The standard InChI is InChI=1S/C15H22N4S/c1-4-6-13-17-12(16)9-14(18-13)19-15(10(2)3)11-7-5-8-20-11/h5,7-10,15H,4,6H2,1-3H3,(H3,16,17,18,19). The van der Waals surface area contributed by atoms with Crippen LogP contribution in [0.4, 0.5) is 11.6 Å². The first-order chi connectivity index (χ1) is 9.60. The molecule has 2 rings (SSSR count). The van der Waals surface area contributed by atoms with Crippen molar-refractivity contribution in [2.24, 2.45) is 5.92 Å². The molecule has 0 aliphatic carbocycles. The molecule has 0 aromatic carbocycles. The molecule has 0 saturated heterocycles. The van der Waals surface area contributed by atoms with Gasteiger partial charge >= 0.3 is 0 Å². The van der Waals surface area contributed by atoms with Crippen LogP contribution in [0.5, 0.6) is 0 Å². The molecule has 0 amide bonds. The van der Waals surface area contributed by atoms with E-state index in [2.05, 4.69) is 53.6 Å². The molecule has 0 aliphatic rings. The third-order valence-electron chi connectivity index (χ3n) is 3.09. The average molecular weight is 290 g/mol. The maximum Gasteiger partial charge on any atom is 0.133 e. The zero-order chi connectivity index (χ0) is 14.5.